The topological polar surface area (TPSA) is 12.1 Å². The van der Waals surface area contributed by atoms with Gasteiger partial charge in [-0.2, -0.15) is 0 Å². The fraction of sp³-hybridized carbons (Fsp3) is 0.348. The molecule has 0 fully saturated rings. The van der Waals surface area contributed by atoms with E-state index >= 15 is 0 Å². The lowest BCUT2D eigenvalue weighted by Gasteiger charge is -2.33. The zero-order chi connectivity index (χ0) is 18.9. The predicted molar refractivity (Wildman–Crippen MR) is 113 cm³/mol. The predicted octanol–water partition coefficient (Wildman–Crippen LogP) is 3.74. The first kappa shape index (κ1) is 16.7. The van der Waals surface area contributed by atoms with Crippen LogP contribution in [0.15, 0.2) is 48.8 Å². The molecule has 2 aliphatic heterocycles. The third-order valence-electron chi connectivity index (χ3n) is 6.30. The van der Waals surface area contributed by atoms with Crippen LogP contribution in [0, 0.1) is 0 Å². The third-order valence-corrected chi connectivity index (χ3v) is 6.30. The van der Waals surface area contributed by atoms with Crippen LogP contribution < -0.4 is 14.8 Å². The normalized spacial score (nSPS) is 14.5. The molecule has 5 rings (SSSR count). The van der Waals surface area contributed by atoms with Gasteiger partial charge in [0.15, 0.2) is 0 Å². The highest BCUT2D eigenvalue weighted by molar-refractivity contribution is 6.70. The molecule has 3 heterocycles. The van der Waals surface area contributed by atoms with Crippen molar-refractivity contribution < 1.29 is 4.48 Å². The zero-order valence-corrected chi connectivity index (χ0v) is 16.9. The first-order valence-electron chi connectivity index (χ1n) is 10.1. The minimum atomic E-state index is 0.193. The largest absolute Gasteiger partial charge is 0.537 e. The van der Waals surface area contributed by atoms with E-state index in [0.717, 1.165) is 6.54 Å². The molecule has 0 spiro atoms. The van der Waals surface area contributed by atoms with Crippen molar-refractivity contribution in [3.63, 3.8) is 0 Å². The molecule has 3 nitrogen and oxygen atoms in total. The Labute approximate surface area is 162 Å². The van der Waals surface area contributed by atoms with Gasteiger partial charge >= 0.3 is 6.98 Å². The second kappa shape index (κ2) is 5.75. The van der Waals surface area contributed by atoms with Gasteiger partial charge in [-0.25, -0.2) is 4.57 Å². The van der Waals surface area contributed by atoms with Gasteiger partial charge in [0.2, 0.25) is 0 Å². The lowest BCUT2D eigenvalue weighted by Crippen LogP contribution is -2.71. The Morgan fingerprint density at radius 2 is 1.63 bits per heavy atom. The van der Waals surface area contributed by atoms with Gasteiger partial charge in [0.25, 0.3) is 5.82 Å². The van der Waals surface area contributed by atoms with E-state index in [1.165, 1.54) is 39.2 Å². The van der Waals surface area contributed by atoms with Crippen LogP contribution in [0.4, 0.5) is 5.69 Å². The average Bonchev–Trinajstić information content (AvgIpc) is 3.21. The van der Waals surface area contributed by atoms with Crippen molar-refractivity contribution in [3.8, 4) is 11.4 Å². The molecular weight excluding hydrogens is 329 g/mol. The SMILES string of the molecule is CC(C)c1cccc(C(C)C)c1B1N(C)c2cccc3c2-c2n(cc[n+]21)C3. The summed E-state index contributed by atoms with van der Waals surface area (Å²) in [6.45, 7) is 10.4. The van der Waals surface area contributed by atoms with Gasteiger partial charge in [0.05, 0.1) is 5.56 Å². The molecule has 0 bridgehead atoms. The Morgan fingerprint density at radius 1 is 0.963 bits per heavy atom. The number of imidazole rings is 1. The number of benzene rings is 2. The van der Waals surface area contributed by atoms with Gasteiger partial charge in [-0.15, -0.1) is 0 Å². The second-order valence-corrected chi connectivity index (χ2v) is 8.61. The zero-order valence-electron chi connectivity index (χ0n) is 16.9. The van der Waals surface area contributed by atoms with Crippen LogP contribution in [0.2, 0.25) is 0 Å². The second-order valence-electron chi connectivity index (χ2n) is 8.61. The number of hydrogen-bond donors (Lipinski definition) is 0. The molecule has 2 aliphatic rings. The van der Waals surface area contributed by atoms with Crippen LogP contribution in [0.5, 0.6) is 0 Å². The Hall–Kier alpha value is -2.49. The summed E-state index contributed by atoms with van der Waals surface area (Å²) in [7, 11) is 2.26. The fourth-order valence-corrected chi connectivity index (χ4v) is 5.05. The summed E-state index contributed by atoms with van der Waals surface area (Å²) in [4.78, 5) is 2.48. The van der Waals surface area contributed by atoms with Crippen molar-refractivity contribution in [2.75, 3.05) is 11.9 Å². The lowest BCUT2D eigenvalue weighted by molar-refractivity contribution is -0.523. The van der Waals surface area contributed by atoms with Crippen molar-refractivity contribution in [1.29, 1.82) is 0 Å². The monoisotopic (exact) mass is 356 g/mol. The van der Waals surface area contributed by atoms with Crippen LogP contribution in [-0.4, -0.2) is 18.6 Å². The number of aromatic nitrogens is 2. The Bertz CT molecular complexity index is 1020. The molecule has 27 heavy (non-hydrogen) atoms. The summed E-state index contributed by atoms with van der Waals surface area (Å²) < 4.78 is 4.90. The molecule has 0 saturated carbocycles. The van der Waals surface area contributed by atoms with Gasteiger partial charge < -0.3 is 4.81 Å². The summed E-state index contributed by atoms with van der Waals surface area (Å²) in [5.74, 6) is 2.35. The molecule has 0 amide bonds. The summed E-state index contributed by atoms with van der Waals surface area (Å²) in [5.41, 5.74) is 8.60. The summed E-state index contributed by atoms with van der Waals surface area (Å²) in [6, 6.07) is 13.6. The van der Waals surface area contributed by atoms with Crippen molar-refractivity contribution in [3.05, 3.63) is 65.5 Å². The molecule has 0 N–H and O–H groups in total. The number of hydrogen-bond acceptors (Lipinski definition) is 1. The molecule has 0 atom stereocenters. The van der Waals surface area contributed by atoms with Crippen molar-refractivity contribution in [2.24, 2.45) is 0 Å². The van der Waals surface area contributed by atoms with E-state index in [4.69, 9.17) is 0 Å². The van der Waals surface area contributed by atoms with Gasteiger partial charge in [-0.05, 0) is 36.1 Å². The van der Waals surface area contributed by atoms with E-state index < -0.39 is 0 Å². The van der Waals surface area contributed by atoms with E-state index in [1.807, 2.05) is 0 Å². The van der Waals surface area contributed by atoms with Crippen LogP contribution in [0.25, 0.3) is 11.4 Å². The average molecular weight is 356 g/mol. The molecule has 2 aromatic carbocycles. The Morgan fingerprint density at radius 3 is 2.30 bits per heavy atom. The van der Waals surface area contributed by atoms with E-state index in [2.05, 4.69) is 97.4 Å². The molecule has 0 saturated heterocycles. The standard InChI is InChI=1S/C23H27BN3/c1-15(2)18-9-7-10-19(16(3)4)22(18)24-25(5)20-11-6-8-17-14-26-12-13-27(24)23(26)21(17)20/h6-13,15-16H,14H2,1-5H3/q+1. The number of rotatable bonds is 3. The maximum Gasteiger partial charge on any atom is 0.537 e. The van der Waals surface area contributed by atoms with Crippen molar-refractivity contribution >= 4 is 18.1 Å². The third kappa shape index (κ3) is 2.19. The summed E-state index contributed by atoms with van der Waals surface area (Å²) in [6.07, 6.45) is 4.52. The van der Waals surface area contributed by atoms with E-state index in [9.17, 15) is 0 Å². The first-order chi connectivity index (χ1) is 13.0. The van der Waals surface area contributed by atoms with Crippen molar-refractivity contribution in [2.45, 2.75) is 46.1 Å². The van der Waals surface area contributed by atoms with Gasteiger partial charge in [0, 0.05) is 16.7 Å². The molecular formula is C23H27BN3+. The Balaban J connectivity index is 1.82. The lowest BCUT2D eigenvalue weighted by atomic mass is 9.58. The first-order valence-corrected chi connectivity index (χ1v) is 10.1. The molecule has 0 radical (unpaired) electrons. The van der Waals surface area contributed by atoms with Gasteiger partial charge in [-0.3, -0.25) is 4.48 Å². The quantitative estimate of drug-likeness (QED) is 0.509. The Kier molecular flexibility index (Phi) is 3.55. The molecule has 1 aromatic heterocycles. The van der Waals surface area contributed by atoms with E-state index in [1.54, 1.807) is 0 Å². The molecule has 0 unspecified atom stereocenters. The molecule has 4 heteroatoms. The minimum absolute atomic E-state index is 0.193. The summed E-state index contributed by atoms with van der Waals surface area (Å²) >= 11 is 0. The molecule has 3 aromatic rings. The number of anilines is 1. The fourth-order valence-electron chi connectivity index (χ4n) is 5.05. The molecule has 136 valence electrons. The van der Waals surface area contributed by atoms with Gasteiger partial charge in [0.1, 0.15) is 18.9 Å². The van der Waals surface area contributed by atoms with Crippen LogP contribution >= 0.6 is 0 Å². The van der Waals surface area contributed by atoms with Crippen molar-refractivity contribution in [1.82, 2.24) is 4.57 Å². The smallest absolute Gasteiger partial charge is 0.372 e. The maximum absolute atomic E-state index is 2.49. The highest BCUT2D eigenvalue weighted by Crippen LogP contribution is 2.40. The van der Waals surface area contributed by atoms with E-state index in [-0.39, 0.29) is 6.98 Å². The van der Waals surface area contributed by atoms with Crippen LogP contribution in [0.3, 0.4) is 0 Å². The highest BCUT2D eigenvalue weighted by Gasteiger charge is 2.48. The van der Waals surface area contributed by atoms with Crippen LogP contribution in [-0.2, 0) is 6.54 Å². The highest BCUT2D eigenvalue weighted by atomic mass is 15.2. The van der Waals surface area contributed by atoms with Gasteiger partial charge in [-0.1, -0.05) is 58.0 Å². The summed E-state index contributed by atoms with van der Waals surface area (Å²) in [5, 5.41) is 0. The minimum Gasteiger partial charge on any atom is -0.372 e. The van der Waals surface area contributed by atoms with Crippen LogP contribution in [0.1, 0.15) is 56.2 Å². The molecule has 0 aliphatic carbocycles. The number of nitrogens with zero attached hydrogens (tertiary/aromatic N) is 3. The van der Waals surface area contributed by atoms with E-state index in [0.29, 0.717) is 11.8 Å². The maximum atomic E-state index is 2.49.